The van der Waals surface area contributed by atoms with Crippen LogP contribution in [0.3, 0.4) is 0 Å². The molecular formula is C83H85N5. The SMILES string of the molecule is C=CC.C=CCC/C=C/C=C/C.C=NC=N/C=C\C.CC.CC.Cc1ccccc1.Cn1c2ccc(-n3c4ccccc4c4cc(-c5ccccc5)ccc43)cc2c2cc(-n3c4ccc(-c5ccccc5)cc4c4cc(-c5ccccc5)ccc43)ccc21. The van der Waals surface area contributed by atoms with Gasteiger partial charge >= 0.3 is 0 Å². The normalized spacial score (nSPS) is 10.8. The van der Waals surface area contributed by atoms with Gasteiger partial charge in [0.1, 0.15) is 6.34 Å². The number of allylic oxidation sites excluding steroid dienone is 7. The molecule has 5 nitrogen and oxygen atoms in total. The van der Waals surface area contributed by atoms with Gasteiger partial charge in [0.15, 0.2) is 0 Å². The highest BCUT2D eigenvalue weighted by molar-refractivity contribution is 6.14. The van der Waals surface area contributed by atoms with E-state index in [2.05, 4.69) is 288 Å². The molecule has 3 heterocycles. The van der Waals surface area contributed by atoms with E-state index in [0.29, 0.717) is 0 Å². The number of aryl methyl sites for hydroxylation is 2. The van der Waals surface area contributed by atoms with E-state index in [4.69, 9.17) is 0 Å². The predicted octanol–water partition coefficient (Wildman–Crippen LogP) is 24.1. The Kier molecular flexibility index (Phi) is 25.2. The maximum absolute atomic E-state index is 3.67. The number of fused-ring (bicyclic) bond motifs is 9. The molecule has 0 aliphatic heterocycles. The van der Waals surface area contributed by atoms with Crippen molar-refractivity contribution >= 4 is 78.5 Å². The molecule has 10 aromatic carbocycles. The van der Waals surface area contributed by atoms with Gasteiger partial charge in [-0.15, -0.1) is 13.2 Å². The summed E-state index contributed by atoms with van der Waals surface area (Å²) >= 11 is 0. The molecule has 3 aromatic heterocycles. The molecule has 0 bridgehead atoms. The fourth-order valence-electron chi connectivity index (χ4n) is 10.7. The van der Waals surface area contributed by atoms with Crippen LogP contribution < -0.4 is 0 Å². The number of aromatic nitrogens is 3. The van der Waals surface area contributed by atoms with Gasteiger partial charge in [0.2, 0.25) is 0 Å². The lowest BCUT2D eigenvalue weighted by molar-refractivity contribution is 1.01. The zero-order chi connectivity index (χ0) is 62.6. The van der Waals surface area contributed by atoms with E-state index in [1.54, 1.807) is 12.3 Å². The van der Waals surface area contributed by atoms with Crippen molar-refractivity contribution in [3.8, 4) is 44.8 Å². The summed E-state index contributed by atoms with van der Waals surface area (Å²) in [6, 6.07) is 85.8. The molecule has 0 radical (unpaired) electrons. The molecule has 0 N–H and O–H groups in total. The van der Waals surface area contributed by atoms with Crippen molar-refractivity contribution < 1.29 is 0 Å². The molecule has 0 saturated carbocycles. The van der Waals surface area contributed by atoms with Crippen LogP contribution in [-0.2, 0) is 7.05 Å². The number of hydrogen-bond donors (Lipinski definition) is 0. The summed E-state index contributed by atoms with van der Waals surface area (Å²) in [7, 11) is 2.19. The average Bonchev–Trinajstić information content (AvgIpc) is 2.35. The van der Waals surface area contributed by atoms with Gasteiger partial charge in [-0.2, -0.15) is 0 Å². The number of unbranched alkanes of at least 4 members (excludes halogenated alkanes) is 1. The van der Waals surface area contributed by atoms with Crippen molar-refractivity contribution in [1.29, 1.82) is 0 Å². The van der Waals surface area contributed by atoms with E-state index in [1.165, 1.54) is 111 Å². The third-order valence-corrected chi connectivity index (χ3v) is 14.5. The van der Waals surface area contributed by atoms with Gasteiger partial charge in [-0.3, -0.25) is 4.99 Å². The minimum absolute atomic E-state index is 1.08. The molecule has 0 fully saturated rings. The molecule has 88 heavy (non-hydrogen) atoms. The second-order valence-electron chi connectivity index (χ2n) is 20.3. The number of rotatable bonds is 11. The monoisotopic (exact) mass is 1150 g/mol. The molecule has 0 saturated heterocycles. The lowest BCUT2D eigenvalue weighted by Crippen LogP contribution is -1.94. The van der Waals surface area contributed by atoms with Crippen LogP contribution in [0, 0.1) is 6.92 Å². The van der Waals surface area contributed by atoms with Gasteiger partial charge in [-0.25, -0.2) is 4.99 Å². The first kappa shape index (κ1) is 65.2. The van der Waals surface area contributed by atoms with E-state index in [9.17, 15) is 0 Å². The van der Waals surface area contributed by atoms with Crippen molar-refractivity contribution in [2.24, 2.45) is 17.0 Å². The summed E-state index contributed by atoms with van der Waals surface area (Å²) in [5, 5.41) is 7.48. The Bertz CT molecular complexity index is 4360. The summed E-state index contributed by atoms with van der Waals surface area (Å²) in [4.78, 5) is 7.05. The van der Waals surface area contributed by atoms with Crippen LogP contribution >= 0.6 is 0 Å². The maximum atomic E-state index is 3.67. The molecule has 0 atom stereocenters. The van der Waals surface area contributed by atoms with Crippen LogP contribution in [0.15, 0.2) is 308 Å². The zero-order valence-electron chi connectivity index (χ0n) is 53.0. The van der Waals surface area contributed by atoms with Crippen molar-refractivity contribution in [3.63, 3.8) is 0 Å². The first-order chi connectivity index (χ1) is 43.3. The quantitative estimate of drug-likeness (QED) is 0.0407. The molecule has 13 aromatic rings. The molecule has 0 unspecified atom stereocenters. The van der Waals surface area contributed by atoms with Gasteiger partial charge < -0.3 is 13.7 Å². The molecule has 13 rings (SSSR count). The van der Waals surface area contributed by atoms with E-state index < -0.39 is 0 Å². The van der Waals surface area contributed by atoms with Crippen molar-refractivity contribution in [1.82, 2.24) is 13.7 Å². The number of para-hydroxylation sites is 1. The smallest absolute Gasteiger partial charge is 0.114 e. The lowest BCUT2D eigenvalue weighted by atomic mass is 10.0. The van der Waals surface area contributed by atoms with E-state index in [0.717, 1.165) is 24.2 Å². The maximum Gasteiger partial charge on any atom is 0.114 e. The molecule has 0 aliphatic carbocycles. The summed E-state index contributed by atoms with van der Waals surface area (Å²) < 4.78 is 7.22. The Morgan fingerprint density at radius 2 is 0.761 bits per heavy atom. The highest BCUT2D eigenvalue weighted by Gasteiger charge is 2.19. The van der Waals surface area contributed by atoms with Crippen LogP contribution in [0.5, 0.6) is 0 Å². The number of nitrogens with zero attached hydrogens (tertiary/aromatic N) is 5. The Hall–Kier alpha value is -10.4. The fraction of sp³-hybridized carbons (Fsp3) is 0.133. The fourth-order valence-corrected chi connectivity index (χ4v) is 10.7. The van der Waals surface area contributed by atoms with Gasteiger partial charge in [0.05, 0.1) is 22.1 Å². The highest BCUT2D eigenvalue weighted by atomic mass is 15.0. The summed E-state index contributed by atoms with van der Waals surface area (Å²) in [5.41, 5.74) is 18.2. The minimum atomic E-state index is 1.08. The van der Waals surface area contributed by atoms with Gasteiger partial charge in [0, 0.05) is 68.0 Å². The minimum Gasteiger partial charge on any atom is -0.344 e. The Balaban J connectivity index is 0.000000307. The predicted molar refractivity (Wildman–Crippen MR) is 391 cm³/mol. The third kappa shape index (κ3) is 15.7. The summed E-state index contributed by atoms with van der Waals surface area (Å²) in [6.07, 6.45) is 19.0. The Labute approximate surface area is 523 Å². The van der Waals surface area contributed by atoms with E-state index in [1.807, 2.05) is 91.0 Å². The van der Waals surface area contributed by atoms with E-state index >= 15 is 0 Å². The van der Waals surface area contributed by atoms with Gasteiger partial charge in [-0.05, 0) is 159 Å². The van der Waals surface area contributed by atoms with Crippen molar-refractivity contribution in [2.75, 3.05) is 0 Å². The van der Waals surface area contributed by atoms with Crippen LogP contribution in [0.1, 0.15) is 66.9 Å². The van der Waals surface area contributed by atoms with Crippen LogP contribution in [0.25, 0.3) is 110 Å². The van der Waals surface area contributed by atoms with Gasteiger partial charge in [0.25, 0.3) is 0 Å². The Morgan fingerprint density at radius 1 is 0.386 bits per heavy atom. The second-order valence-corrected chi connectivity index (χ2v) is 20.3. The molecule has 442 valence electrons. The molecular weight excluding hydrogens is 1070 g/mol. The van der Waals surface area contributed by atoms with Gasteiger partial charge in [-0.1, -0.05) is 234 Å². The molecule has 0 amide bonds. The first-order valence-electron chi connectivity index (χ1n) is 30.7. The molecule has 0 aliphatic rings. The zero-order valence-corrected chi connectivity index (χ0v) is 53.0. The number of hydrogen-bond acceptors (Lipinski definition) is 1. The number of aliphatic imine (C=N–C) groups is 2. The van der Waals surface area contributed by atoms with Crippen molar-refractivity contribution in [3.05, 3.63) is 304 Å². The van der Waals surface area contributed by atoms with Crippen LogP contribution in [0.2, 0.25) is 0 Å². The van der Waals surface area contributed by atoms with E-state index in [-0.39, 0.29) is 0 Å². The largest absolute Gasteiger partial charge is 0.344 e. The van der Waals surface area contributed by atoms with Crippen molar-refractivity contribution in [2.45, 2.75) is 68.2 Å². The van der Waals surface area contributed by atoms with Crippen LogP contribution in [0.4, 0.5) is 0 Å². The number of benzene rings is 10. The topological polar surface area (TPSA) is 39.5 Å². The molecule has 5 heteroatoms. The first-order valence-corrected chi connectivity index (χ1v) is 30.7. The lowest BCUT2D eigenvalue weighted by Gasteiger charge is -2.10. The average molecular weight is 1150 g/mol. The second kappa shape index (κ2) is 34.0. The summed E-state index contributed by atoms with van der Waals surface area (Å²) in [6.45, 7) is 26.1. The molecule has 0 spiro atoms. The summed E-state index contributed by atoms with van der Waals surface area (Å²) in [5.74, 6) is 0. The Morgan fingerprint density at radius 3 is 1.15 bits per heavy atom. The highest BCUT2D eigenvalue weighted by Crippen LogP contribution is 2.41. The third-order valence-electron chi connectivity index (χ3n) is 14.5. The van der Waals surface area contributed by atoms with Crippen LogP contribution in [-0.4, -0.2) is 26.8 Å². The standard InChI is InChI=1S/C55H37N3.C9H14.C7H8.C5H8N2.C3H6.2C2H6/c1-56-50-29-24-42(57-52-20-12-11-19-44(52)45-31-39(21-26-53(45)57)36-13-5-2-6-14-36)34-48(50)49-35-43(25-30-51(49)56)58-54-27-22-40(37-15-7-3-8-16-37)32-46(54)47-33-41(23-28-55(47)58)38-17-9-4-10-18-38;1-3-5-7-9-8-6-4-2;1-7-5-3-2-4-6-7;1-3-4-7-5-6-2;1-3-2;2*1-2/h2-35H,1H3;3-4,6,8-9H,1,5,7H2,2H3;2-6H,1H3;3-5H,2H2,1H3;3H,1H2,2H3;2*1-2H3/b;6-4+,9-8+;;4-3-,7-5?;;;.